The fraction of sp³-hybridized carbons (Fsp3) is 0.500. The zero-order chi connectivity index (χ0) is 31.1. The summed E-state index contributed by atoms with van der Waals surface area (Å²) in [5, 5.41) is 7.08. The van der Waals surface area contributed by atoms with Gasteiger partial charge in [-0.15, -0.1) is 0 Å². The molecule has 0 spiro atoms. The smallest absolute Gasteiger partial charge is 0.265 e. The first kappa shape index (κ1) is 31.3. The van der Waals surface area contributed by atoms with Gasteiger partial charge in [0.25, 0.3) is 10.0 Å². The first-order valence-corrected chi connectivity index (χ1v) is 15.8. The van der Waals surface area contributed by atoms with Crippen LogP contribution in [-0.4, -0.2) is 78.6 Å². The standard InChI is InChI=1S/C30H38F4N6O2S/c1-19-10-20-11-21(37-43(41,42)24-14-35-38(4)17-24)6-7-25(20)29(40(19)18-30(2,3)34)28-26(32)12-22(13-27(28)33)36-23-15-39(16-23)9-5-8-31/h6-7,11-14,17,19,23,29,36-37H,5,8-10,15-16,18H2,1-4H3/t19-,29+/m1/s1. The maximum atomic E-state index is 15.9. The number of rotatable bonds is 11. The zero-order valence-electron chi connectivity index (χ0n) is 24.7. The molecule has 0 radical (unpaired) electrons. The summed E-state index contributed by atoms with van der Waals surface area (Å²) in [6, 6.07) is 6.14. The Labute approximate surface area is 250 Å². The number of benzene rings is 2. The van der Waals surface area contributed by atoms with Crippen LogP contribution in [0.4, 0.5) is 28.9 Å². The van der Waals surface area contributed by atoms with Gasteiger partial charge in [-0.2, -0.15) is 5.10 Å². The van der Waals surface area contributed by atoms with Crippen LogP contribution in [0.5, 0.6) is 0 Å². The molecule has 1 fully saturated rings. The lowest BCUT2D eigenvalue weighted by molar-refractivity contribution is 0.0653. The molecular formula is C30H38F4N6O2S. The van der Waals surface area contributed by atoms with Gasteiger partial charge < -0.3 is 5.32 Å². The Morgan fingerprint density at radius 1 is 1.09 bits per heavy atom. The quantitative estimate of drug-likeness (QED) is 0.292. The number of nitrogens with one attached hydrogen (secondary N) is 2. The highest BCUT2D eigenvalue weighted by Gasteiger charge is 2.39. The first-order valence-electron chi connectivity index (χ1n) is 14.4. The molecule has 0 bridgehead atoms. The molecule has 0 unspecified atom stereocenters. The Hall–Kier alpha value is -3.16. The van der Waals surface area contributed by atoms with Gasteiger partial charge in [-0.1, -0.05) is 6.07 Å². The third kappa shape index (κ3) is 6.99. The van der Waals surface area contributed by atoms with Crippen LogP contribution < -0.4 is 10.0 Å². The van der Waals surface area contributed by atoms with Crippen molar-refractivity contribution >= 4 is 21.4 Å². The van der Waals surface area contributed by atoms with Crippen LogP contribution in [0, 0.1) is 11.6 Å². The minimum atomic E-state index is -3.91. The minimum absolute atomic E-state index is 0.00234. The van der Waals surface area contributed by atoms with Crippen molar-refractivity contribution in [2.45, 2.75) is 62.3 Å². The van der Waals surface area contributed by atoms with Crippen molar-refractivity contribution in [1.82, 2.24) is 19.6 Å². The van der Waals surface area contributed by atoms with E-state index in [0.717, 1.165) is 0 Å². The minimum Gasteiger partial charge on any atom is -0.380 e. The van der Waals surface area contributed by atoms with Crippen molar-refractivity contribution in [2.75, 3.05) is 42.9 Å². The molecule has 1 saturated heterocycles. The molecule has 234 valence electrons. The molecule has 0 saturated carbocycles. The fourth-order valence-electron chi connectivity index (χ4n) is 6.03. The predicted octanol–water partition coefficient (Wildman–Crippen LogP) is 5.04. The highest BCUT2D eigenvalue weighted by molar-refractivity contribution is 7.92. The molecule has 2 aliphatic rings. The molecule has 0 amide bonds. The Morgan fingerprint density at radius 2 is 1.79 bits per heavy atom. The van der Waals surface area contributed by atoms with Gasteiger partial charge in [0.05, 0.1) is 25.0 Å². The monoisotopic (exact) mass is 622 g/mol. The van der Waals surface area contributed by atoms with Crippen LogP contribution in [0.2, 0.25) is 0 Å². The van der Waals surface area contributed by atoms with Crippen LogP contribution in [0.15, 0.2) is 47.6 Å². The van der Waals surface area contributed by atoms with E-state index in [0.29, 0.717) is 55.0 Å². The molecule has 5 rings (SSSR count). The molecule has 3 aromatic rings. The van der Waals surface area contributed by atoms with Crippen LogP contribution in [0.25, 0.3) is 0 Å². The number of aromatic nitrogens is 2. The summed E-state index contributed by atoms with van der Waals surface area (Å²) in [5.74, 6) is -1.52. The van der Waals surface area contributed by atoms with E-state index >= 15 is 13.2 Å². The summed E-state index contributed by atoms with van der Waals surface area (Å²) in [6.45, 7) is 6.23. The molecular weight excluding hydrogens is 584 g/mol. The van der Waals surface area contributed by atoms with Gasteiger partial charge in [0.1, 0.15) is 22.2 Å². The van der Waals surface area contributed by atoms with Crippen molar-refractivity contribution in [1.29, 1.82) is 0 Å². The number of hydrogen-bond donors (Lipinski definition) is 2. The van der Waals surface area contributed by atoms with Gasteiger partial charge in [0.15, 0.2) is 0 Å². The Morgan fingerprint density at radius 3 is 2.40 bits per heavy atom. The van der Waals surface area contributed by atoms with Gasteiger partial charge in [0.2, 0.25) is 0 Å². The third-order valence-corrected chi connectivity index (χ3v) is 9.28. The highest BCUT2D eigenvalue weighted by atomic mass is 32.2. The SMILES string of the molecule is C[C@@H]1Cc2cc(NS(=O)(=O)c3cnn(C)c3)ccc2[C@@H](c2c(F)cc(NC3CN(CCCF)C3)cc2F)N1CC(C)(C)F. The van der Waals surface area contributed by atoms with Crippen LogP contribution in [0.3, 0.4) is 0 Å². The molecule has 2 aromatic carbocycles. The lowest BCUT2D eigenvalue weighted by atomic mass is 9.83. The average molecular weight is 623 g/mol. The number of nitrogens with zero attached hydrogens (tertiary/aromatic N) is 4. The van der Waals surface area contributed by atoms with Crippen molar-refractivity contribution in [3.63, 3.8) is 0 Å². The van der Waals surface area contributed by atoms with E-state index in [4.69, 9.17) is 0 Å². The molecule has 1 aromatic heterocycles. The van der Waals surface area contributed by atoms with E-state index in [1.54, 1.807) is 30.1 Å². The number of halogens is 4. The molecule has 0 aliphatic carbocycles. The van der Waals surface area contributed by atoms with E-state index in [1.165, 1.54) is 43.1 Å². The number of anilines is 2. The van der Waals surface area contributed by atoms with Gasteiger partial charge in [-0.3, -0.25) is 23.6 Å². The lowest BCUT2D eigenvalue weighted by Crippen LogP contribution is -2.54. The summed E-state index contributed by atoms with van der Waals surface area (Å²) in [6.07, 6.45) is 3.50. The number of likely N-dealkylation sites (tertiary alicyclic amines) is 1. The number of hydrogen-bond acceptors (Lipinski definition) is 6. The zero-order valence-corrected chi connectivity index (χ0v) is 25.6. The van der Waals surface area contributed by atoms with Gasteiger partial charge in [0, 0.05) is 62.4 Å². The average Bonchev–Trinajstić information content (AvgIpc) is 3.33. The van der Waals surface area contributed by atoms with Gasteiger partial charge in [-0.25, -0.2) is 21.6 Å². The molecule has 2 aliphatic heterocycles. The van der Waals surface area contributed by atoms with E-state index in [1.807, 2.05) is 6.92 Å². The largest absolute Gasteiger partial charge is 0.380 e. The number of alkyl halides is 2. The summed E-state index contributed by atoms with van der Waals surface area (Å²) in [7, 11) is -2.29. The second kappa shape index (κ2) is 12.1. The Kier molecular flexibility index (Phi) is 8.79. The van der Waals surface area contributed by atoms with Crippen molar-refractivity contribution in [2.24, 2.45) is 7.05 Å². The molecule has 43 heavy (non-hydrogen) atoms. The summed E-state index contributed by atoms with van der Waals surface area (Å²) >= 11 is 0. The lowest BCUT2D eigenvalue weighted by Gasteiger charge is -2.44. The third-order valence-electron chi connectivity index (χ3n) is 7.94. The second-order valence-electron chi connectivity index (χ2n) is 12.2. The fourth-order valence-corrected chi connectivity index (χ4v) is 7.06. The van der Waals surface area contributed by atoms with Crippen LogP contribution in [0.1, 0.15) is 49.9 Å². The number of aryl methyl sites for hydroxylation is 1. The molecule has 2 N–H and O–H groups in total. The summed E-state index contributed by atoms with van der Waals surface area (Å²) in [4.78, 5) is 3.84. The van der Waals surface area contributed by atoms with E-state index < -0.39 is 33.4 Å². The summed E-state index contributed by atoms with van der Waals surface area (Å²) < 4.78 is 89.0. The van der Waals surface area contributed by atoms with E-state index in [2.05, 4.69) is 20.0 Å². The first-order chi connectivity index (χ1) is 20.2. The van der Waals surface area contributed by atoms with Crippen molar-refractivity contribution in [3.05, 3.63) is 71.1 Å². The molecule has 13 heteroatoms. The molecule has 3 heterocycles. The maximum absolute atomic E-state index is 15.9. The Balaban J connectivity index is 1.46. The second-order valence-corrected chi connectivity index (χ2v) is 13.9. The maximum Gasteiger partial charge on any atom is 0.265 e. The molecule has 8 nitrogen and oxygen atoms in total. The van der Waals surface area contributed by atoms with Gasteiger partial charge >= 0.3 is 0 Å². The molecule has 2 atom stereocenters. The number of sulfonamides is 1. The topological polar surface area (TPSA) is 82.5 Å². The van der Waals surface area contributed by atoms with E-state index in [-0.39, 0.29) is 35.8 Å². The normalized spacial score (nSPS) is 20.1. The van der Waals surface area contributed by atoms with Crippen molar-refractivity contribution in [3.8, 4) is 0 Å². The van der Waals surface area contributed by atoms with Crippen LogP contribution >= 0.6 is 0 Å². The highest BCUT2D eigenvalue weighted by Crippen LogP contribution is 2.42. The number of fused-ring (bicyclic) bond motifs is 1. The van der Waals surface area contributed by atoms with E-state index in [9.17, 15) is 12.8 Å². The summed E-state index contributed by atoms with van der Waals surface area (Å²) in [5.41, 5.74) is 0.0541. The van der Waals surface area contributed by atoms with Gasteiger partial charge in [-0.05, 0) is 69.0 Å². The predicted molar refractivity (Wildman–Crippen MR) is 158 cm³/mol. The Bertz CT molecular complexity index is 1550. The van der Waals surface area contributed by atoms with Crippen LogP contribution in [-0.2, 0) is 23.5 Å². The van der Waals surface area contributed by atoms with Crippen molar-refractivity contribution < 1.29 is 26.0 Å².